The molecule has 0 atom stereocenters. The largest absolute Gasteiger partial charge is 0.467 e. The molecule has 21 heavy (non-hydrogen) atoms. The van der Waals surface area contributed by atoms with Crippen LogP contribution in [0.25, 0.3) is 0 Å². The van der Waals surface area contributed by atoms with Gasteiger partial charge in [0.05, 0.1) is 12.8 Å². The lowest BCUT2D eigenvalue weighted by molar-refractivity contribution is -0.123. The summed E-state index contributed by atoms with van der Waals surface area (Å²) in [5, 5.41) is 6.19. The number of hydrogen-bond donors (Lipinski definition) is 2. The molecule has 0 aliphatic heterocycles. The van der Waals surface area contributed by atoms with Crippen molar-refractivity contribution in [3.05, 3.63) is 46.5 Å². The quantitative estimate of drug-likeness (QED) is 0.816. The first kappa shape index (κ1) is 14.8. The number of hydrogen-bond acceptors (Lipinski definition) is 6. The highest BCUT2D eigenvalue weighted by molar-refractivity contribution is 7.11. The van der Waals surface area contributed by atoms with Gasteiger partial charge in [-0.15, -0.1) is 11.3 Å². The highest BCUT2D eigenvalue weighted by Gasteiger charge is 2.13. The van der Waals surface area contributed by atoms with Crippen LogP contribution in [0.1, 0.15) is 15.4 Å². The number of esters is 1. The summed E-state index contributed by atoms with van der Waals surface area (Å²) in [6.45, 7) is -0.369. The predicted molar refractivity (Wildman–Crippen MR) is 73.7 cm³/mol. The lowest BCUT2D eigenvalue weighted by Gasteiger charge is -2.06. The third-order valence-corrected chi connectivity index (χ3v) is 3.16. The van der Waals surface area contributed by atoms with Crippen molar-refractivity contribution in [3.63, 3.8) is 0 Å². The molecule has 2 N–H and O–H groups in total. The summed E-state index contributed by atoms with van der Waals surface area (Å²) in [6, 6.07) is 5.96. The van der Waals surface area contributed by atoms with Crippen molar-refractivity contribution >= 4 is 29.2 Å². The van der Waals surface area contributed by atoms with E-state index in [9.17, 15) is 14.4 Å². The molecule has 8 heteroatoms. The molecular weight excluding hydrogens is 296 g/mol. The molecule has 0 aromatic carbocycles. The first-order chi connectivity index (χ1) is 10.1. The molecule has 0 spiro atoms. The summed E-state index contributed by atoms with van der Waals surface area (Å²) in [7, 11) is 0. The first-order valence-corrected chi connectivity index (χ1v) is 6.84. The van der Waals surface area contributed by atoms with Gasteiger partial charge in [-0.3, -0.25) is 10.1 Å². The van der Waals surface area contributed by atoms with Crippen LogP contribution in [0.4, 0.5) is 4.79 Å². The first-order valence-electron chi connectivity index (χ1n) is 5.96. The van der Waals surface area contributed by atoms with E-state index < -0.39 is 24.5 Å². The van der Waals surface area contributed by atoms with E-state index in [4.69, 9.17) is 9.15 Å². The number of carbonyl (C=O) groups excluding carboxylic acids is 3. The Labute approximate surface area is 123 Å². The van der Waals surface area contributed by atoms with E-state index in [1.807, 2.05) is 5.32 Å². The molecule has 110 valence electrons. The number of furan rings is 1. The van der Waals surface area contributed by atoms with Crippen molar-refractivity contribution in [1.29, 1.82) is 0 Å². The van der Waals surface area contributed by atoms with E-state index in [1.54, 1.807) is 29.6 Å². The maximum Gasteiger partial charge on any atom is 0.348 e. The fourth-order valence-corrected chi connectivity index (χ4v) is 2.00. The van der Waals surface area contributed by atoms with Gasteiger partial charge < -0.3 is 14.5 Å². The van der Waals surface area contributed by atoms with Crippen molar-refractivity contribution < 1.29 is 23.5 Å². The van der Waals surface area contributed by atoms with Crippen LogP contribution >= 0.6 is 11.3 Å². The SMILES string of the molecule is O=C(COC(=O)c1cccs1)NC(=O)NCc1ccco1. The molecule has 0 saturated carbocycles. The van der Waals surface area contributed by atoms with Gasteiger partial charge in [0.2, 0.25) is 0 Å². The zero-order chi connectivity index (χ0) is 15.1. The summed E-state index contributed by atoms with van der Waals surface area (Å²) in [6.07, 6.45) is 1.48. The van der Waals surface area contributed by atoms with Crippen LogP contribution in [0.2, 0.25) is 0 Å². The molecule has 2 aromatic rings. The standard InChI is InChI=1S/C13H12N2O5S/c16-11(8-20-12(17)10-4-2-6-21-10)15-13(18)14-7-9-3-1-5-19-9/h1-6H,7-8H2,(H2,14,15,16,18). The Morgan fingerprint density at radius 2 is 2.10 bits per heavy atom. The molecule has 7 nitrogen and oxygen atoms in total. The smallest absolute Gasteiger partial charge is 0.348 e. The number of amides is 3. The van der Waals surface area contributed by atoms with Gasteiger partial charge in [0, 0.05) is 0 Å². The van der Waals surface area contributed by atoms with Crippen molar-refractivity contribution in [1.82, 2.24) is 10.6 Å². The summed E-state index contributed by atoms with van der Waals surface area (Å²) in [5.74, 6) is -0.755. The fourth-order valence-electron chi connectivity index (χ4n) is 1.38. The van der Waals surface area contributed by atoms with E-state index in [0.717, 1.165) is 0 Å². The molecular formula is C13H12N2O5S. The molecule has 0 aliphatic carbocycles. The van der Waals surface area contributed by atoms with Crippen molar-refractivity contribution in [2.24, 2.45) is 0 Å². The number of urea groups is 1. The second kappa shape index (κ2) is 7.25. The minimum atomic E-state index is -0.711. The van der Waals surface area contributed by atoms with Gasteiger partial charge in [-0.2, -0.15) is 0 Å². The lowest BCUT2D eigenvalue weighted by atomic mass is 10.4. The highest BCUT2D eigenvalue weighted by Crippen LogP contribution is 2.09. The van der Waals surface area contributed by atoms with Gasteiger partial charge >= 0.3 is 12.0 Å². The van der Waals surface area contributed by atoms with Crippen LogP contribution in [-0.2, 0) is 16.1 Å². The Balaban J connectivity index is 1.67. The van der Waals surface area contributed by atoms with Crippen LogP contribution in [0.15, 0.2) is 40.3 Å². The zero-order valence-electron chi connectivity index (χ0n) is 10.8. The van der Waals surface area contributed by atoms with Gasteiger partial charge in [0.15, 0.2) is 6.61 Å². The summed E-state index contributed by atoms with van der Waals surface area (Å²) >= 11 is 1.21. The molecule has 0 radical (unpaired) electrons. The molecule has 2 rings (SSSR count). The number of imide groups is 1. The van der Waals surface area contributed by atoms with Crippen LogP contribution in [0.3, 0.4) is 0 Å². The Morgan fingerprint density at radius 3 is 2.76 bits per heavy atom. The maximum atomic E-state index is 11.5. The third kappa shape index (κ3) is 4.77. The Morgan fingerprint density at radius 1 is 1.24 bits per heavy atom. The van der Waals surface area contributed by atoms with Crippen LogP contribution in [0, 0.1) is 0 Å². The van der Waals surface area contributed by atoms with Crippen molar-refractivity contribution in [2.45, 2.75) is 6.54 Å². The van der Waals surface area contributed by atoms with Crippen molar-refractivity contribution in [3.8, 4) is 0 Å². The number of rotatable bonds is 5. The fraction of sp³-hybridized carbons (Fsp3) is 0.154. The van der Waals surface area contributed by atoms with E-state index in [0.29, 0.717) is 10.6 Å². The number of ether oxygens (including phenoxy) is 1. The van der Waals surface area contributed by atoms with E-state index in [-0.39, 0.29) is 6.54 Å². The Kier molecular flexibility index (Phi) is 5.10. The third-order valence-electron chi connectivity index (χ3n) is 2.31. The van der Waals surface area contributed by atoms with Gasteiger partial charge in [-0.1, -0.05) is 6.07 Å². The minimum absolute atomic E-state index is 0.154. The molecule has 0 fully saturated rings. The van der Waals surface area contributed by atoms with E-state index in [1.165, 1.54) is 17.6 Å². The summed E-state index contributed by atoms with van der Waals surface area (Å²) in [5.41, 5.74) is 0. The van der Waals surface area contributed by atoms with Crippen molar-refractivity contribution in [2.75, 3.05) is 6.61 Å². The van der Waals surface area contributed by atoms with E-state index >= 15 is 0 Å². The molecule has 3 amide bonds. The molecule has 0 aliphatic rings. The van der Waals surface area contributed by atoms with Gasteiger partial charge in [0.25, 0.3) is 5.91 Å². The number of carbonyl (C=O) groups is 3. The second-order valence-corrected chi connectivity index (χ2v) is 4.81. The van der Waals surface area contributed by atoms with Gasteiger partial charge in [-0.05, 0) is 23.6 Å². The number of nitrogens with one attached hydrogen (secondary N) is 2. The average Bonchev–Trinajstić information content (AvgIpc) is 3.15. The summed E-state index contributed by atoms with van der Waals surface area (Å²) < 4.78 is 9.77. The van der Waals surface area contributed by atoms with Gasteiger partial charge in [0.1, 0.15) is 10.6 Å². The van der Waals surface area contributed by atoms with Gasteiger partial charge in [-0.25, -0.2) is 9.59 Å². The zero-order valence-corrected chi connectivity index (χ0v) is 11.6. The number of thiophene rings is 1. The van der Waals surface area contributed by atoms with Crippen LogP contribution < -0.4 is 10.6 Å². The Hall–Kier alpha value is -2.61. The predicted octanol–water partition coefficient (Wildman–Crippen LogP) is 1.52. The molecule has 0 saturated heterocycles. The lowest BCUT2D eigenvalue weighted by Crippen LogP contribution is -2.41. The summed E-state index contributed by atoms with van der Waals surface area (Å²) in [4.78, 5) is 34.7. The Bertz CT molecular complexity index is 607. The molecule has 0 bridgehead atoms. The minimum Gasteiger partial charge on any atom is -0.467 e. The maximum absolute atomic E-state index is 11.5. The second-order valence-electron chi connectivity index (χ2n) is 3.86. The van der Waals surface area contributed by atoms with Crippen LogP contribution in [-0.4, -0.2) is 24.5 Å². The molecule has 2 heterocycles. The highest BCUT2D eigenvalue weighted by atomic mass is 32.1. The molecule has 0 unspecified atom stereocenters. The average molecular weight is 308 g/mol. The topological polar surface area (TPSA) is 97.6 Å². The monoisotopic (exact) mass is 308 g/mol. The van der Waals surface area contributed by atoms with E-state index in [2.05, 4.69) is 5.32 Å². The normalized spacial score (nSPS) is 9.90. The molecule has 2 aromatic heterocycles. The van der Waals surface area contributed by atoms with Crippen LogP contribution in [0.5, 0.6) is 0 Å².